The first kappa shape index (κ1) is 12.1. The van der Waals surface area contributed by atoms with Gasteiger partial charge in [0.2, 0.25) is 0 Å². The van der Waals surface area contributed by atoms with Crippen molar-refractivity contribution in [1.82, 2.24) is 0 Å². The monoisotopic (exact) mass is 282 g/mol. The quantitative estimate of drug-likeness (QED) is 0.753. The SMILES string of the molecule is Cc1cc(C)cc(CC2COCCC2Br)c1. The third-order valence-electron chi connectivity index (χ3n) is 3.16. The zero-order valence-electron chi connectivity index (χ0n) is 10.0. The van der Waals surface area contributed by atoms with Crippen LogP contribution in [0.1, 0.15) is 23.1 Å². The van der Waals surface area contributed by atoms with Crippen molar-refractivity contribution in [2.75, 3.05) is 13.2 Å². The Morgan fingerprint density at radius 1 is 1.25 bits per heavy atom. The van der Waals surface area contributed by atoms with Gasteiger partial charge < -0.3 is 4.74 Å². The summed E-state index contributed by atoms with van der Waals surface area (Å²) in [6.45, 7) is 6.13. The van der Waals surface area contributed by atoms with Crippen LogP contribution in [0.5, 0.6) is 0 Å². The predicted molar refractivity (Wildman–Crippen MR) is 71.3 cm³/mol. The van der Waals surface area contributed by atoms with Gasteiger partial charge in [-0.3, -0.25) is 0 Å². The van der Waals surface area contributed by atoms with E-state index >= 15 is 0 Å². The summed E-state index contributed by atoms with van der Waals surface area (Å²) in [5, 5.41) is 0. The number of aryl methyl sites for hydroxylation is 2. The zero-order chi connectivity index (χ0) is 11.5. The van der Waals surface area contributed by atoms with Gasteiger partial charge in [-0.05, 0) is 38.2 Å². The van der Waals surface area contributed by atoms with E-state index in [0.29, 0.717) is 10.7 Å². The van der Waals surface area contributed by atoms with Crippen LogP contribution in [0.25, 0.3) is 0 Å². The molecule has 0 aromatic heterocycles. The van der Waals surface area contributed by atoms with Gasteiger partial charge in [0.25, 0.3) is 0 Å². The van der Waals surface area contributed by atoms with Crippen molar-refractivity contribution in [1.29, 1.82) is 0 Å². The second kappa shape index (κ2) is 5.33. The molecule has 88 valence electrons. The molecule has 2 unspecified atom stereocenters. The highest BCUT2D eigenvalue weighted by Gasteiger charge is 2.23. The van der Waals surface area contributed by atoms with E-state index in [9.17, 15) is 0 Å². The smallest absolute Gasteiger partial charge is 0.0508 e. The Morgan fingerprint density at radius 3 is 2.56 bits per heavy atom. The van der Waals surface area contributed by atoms with Gasteiger partial charge in [0.15, 0.2) is 0 Å². The number of hydrogen-bond acceptors (Lipinski definition) is 1. The topological polar surface area (TPSA) is 9.23 Å². The molecule has 1 aliphatic rings. The van der Waals surface area contributed by atoms with Crippen LogP contribution >= 0.6 is 15.9 Å². The first-order valence-electron chi connectivity index (χ1n) is 5.94. The summed E-state index contributed by atoms with van der Waals surface area (Å²) in [5.74, 6) is 0.620. The fourth-order valence-electron chi connectivity index (χ4n) is 2.45. The number of halogens is 1. The van der Waals surface area contributed by atoms with Crippen LogP contribution in [0.3, 0.4) is 0 Å². The van der Waals surface area contributed by atoms with E-state index in [0.717, 1.165) is 26.1 Å². The van der Waals surface area contributed by atoms with E-state index in [1.54, 1.807) is 0 Å². The third kappa shape index (κ3) is 3.08. The largest absolute Gasteiger partial charge is 0.381 e. The molecular formula is C14H19BrO. The Balaban J connectivity index is 2.07. The highest BCUT2D eigenvalue weighted by molar-refractivity contribution is 9.09. The molecule has 2 rings (SSSR count). The minimum Gasteiger partial charge on any atom is -0.381 e. The standard InChI is InChI=1S/C14H19BrO/c1-10-5-11(2)7-12(6-10)8-13-9-16-4-3-14(13)15/h5-7,13-14H,3-4,8-9H2,1-2H3. The Hall–Kier alpha value is -0.340. The van der Waals surface area contributed by atoms with Gasteiger partial charge in [-0.1, -0.05) is 45.3 Å². The van der Waals surface area contributed by atoms with Crippen LogP contribution in [0, 0.1) is 19.8 Å². The van der Waals surface area contributed by atoms with Gasteiger partial charge in [0.1, 0.15) is 0 Å². The Kier molecular flexibility index (Phi) is 4.04. The van der Waals surface area contributed by atoms with Crippen LogP contribution < -0.4 is 0 Å². The van der Waals surface area contributed by atoms with Crippen LogP contribution in [0.15, 0.2) is 18.2 Å². The maximum absolute atomic E-state index is 5.56. The van der Waals surface area contributed by atoms with E-state index in [1.165, 1.54) is 16.7 Å². The van der Waals surface area contributed by atoms with Crippen molar-refractivity contribution in [2.24, 2.45) is 5.92 Å². The molecule has 2 atom stereocenters. The first-order chi connectivity index (χ1) is 7.65. The summed E-state index contributed by atoms with van der Waals surface area (Å²) < 4.78 is 5.56. The average Bonchev–Trinajstić information content (AvgIpc) is 2.20. The van der Waals surface area contributed by atoms with Crippen molar-refractivity contribution in [3.8, 4) is 0 Å². The molecule has 1 aromatic carbocycles. The van der Waals surface area contributed by atoms with Gasteiger partial charge in [0.05, 0.1) is 6.61 Å². The minimum atomic E-state index is 0.613. The number of benzene rings is 1. The first-order valence-corrected chi connectivity index (χ1v) is 6.85. The van der Waals surface area contributed by atoms with Crippen LogP contribution in [-0.4, -0.2) is 18.0 Å². The third-order valence-corrected chi connectivity index (χ3v) is 4.37. The summed E-state index contributed by atoms with van der Waals surface area (Å²) >= 11 is 3.77. The molecule has 16 heavy (non-hydrogen) atoms. The minimum absolute atomic E-state index is 0.613. The summed E-state index contributed by atoms with van der Waals surface area (Å²) in [7, 11) is 0. The van der Waals surface area contributed by atoms with Gasteiger partial charge in [-0.15, -0.1) is 0 Å². The molecule has 0 bridgehead atoms. The maximum atomic E-state index is 5.56. The number of alkyl halides is 1. The molecule has 0 N–H and O–H groups in total. The maximum Gasteiger partial charge on any atom is 0.0508 e. The lowest BCUT2D eigenvalue weighted by Crippen LogP contribution is -2.29. The second-order valence-corrected chi connectivity index (χ2v) is 6.02. The van der Waals surface area contributed by atoms with Crippen LogP contribution in [0.2, 0.25) is 0 Å². The molecule has 0 amide bonds. The van der Waals surface area contributed by atoms with Crippen molar-refractivity contribution >= 4 is 15.9 Å². The second-order valence-electron chi connectivity index (χ2n) is 4.84. The molecular weight excluding hydrogens is 264 g/mol. The molecule has 2 heteroatoms. The Bertz CT molecular complexity index is 342. The lowest BCUT2D eigenvalue weighted by atomic mass is 9.92. The molecule has 1 saturated heterocycles. The van der Waals surface area contributed by atoms with Gasteiger partial charge >= 0.3 is 0 Å². The van der Waals surface area contributed by atoms with E-state index < -0.39 is 0 Å². The number of rotatable bonds is 2. The zero-order valence-corrected chi connectivity index (χ0v) is 11.6. The number of ether oxygens (including phenoxy) is 1. The molecule has 1 aromatic rings. The van der Waals surface area contributed by atoms with E-state index in [4.69, 9.17) is 4.74 Å². The highest BCUT2D eigenvalue weighted by Crippen LogP contribution is 2.26. The lowest BCUT2D eigenvalue weighted by molar-refractivity contribution is 0.0605. The fraction of sp³-hybridized carbons (Fsp3) is 0.571. The molecule has 1 aliphatic heterocycles. The van der Waals surface area contributed by atoms with E-state index in [2.05, 4.69) is 48.0 Å². The molecule has 0 radical (unpaired) electrons. The van der Waals surface area contributed by atoms with E-state index in [1.807, 2.05) is 0 Å². The van der Waals surface area contributed by atoms with Crippen LogP contribution in [-0.2, 0) is 11.2 Å². The van der Waals surface area contributed by atoms with Crippen LogP contribution in [0.4, 0.5) is 0 Å². The van der Waals surface area contributed by atoms with Gasteiger partial charge in [0, 0.05) is 11.4 Å². The van der Waals surface area contributed by atoms with Crippen molar-refractivity contribution in [3.05, 3.63) is 34.9 Å². The molecule has 0 aliphatic carbocycles. The Labute approximate surface area is 106 Å². The summed E-state index contributed by atoms with van der Waals surface area (Å²) in [5.41, 5.74) is 4.16. The van der Waals surface area contributed by atoms with Gasteiger partial charge in [-0.2, -0.15) is 0 Å². The molecule has 0 saturated carbocycles. The van der Waals surface area contributed by atoms with Crippen molar-refractivity contribution in [3.63, 3.8) is 0 Å². The number of hydrogen-bond donors (Lipinski definition) is 0. The normalized spacial score (nSPS) is 25.7. The summed E-state index contributed by atoms with van der Waals surface area (Å²) in [4.78, 5) is 0.613. The highest BCUT2D eigenvalue weighted by atomic mass is 79.9. The van der Waals surface area contributed by atoms with Gasteiger partial charge in [-0.25, -0.2) is 0 Å². The predicted octanol–water partition coefficient (Wildman–Crippen LogP) is 3.65. The van der Waals surface area contributed by atoms with Crippen molar-refractivity contribution < 1.29 is 4.74 Å². The van der Waals surface area contributed by atoms with Crippen molar-refractivity contribution in [2.45, 2.75) is 31.5 Å². The summed E-state index contributed by atoms with van der Waals surface area (Å²) in [6.07, 6.45) is 2.26. The Morgan fingerprint density at radius 2 is 1.94 bits per heavy atom. The molecule has 0 spiro atoms. The van der Waals surface area contributed by atoms with E-state index in [-0.39, 0.29) is 0 Å². The molecule has 1 fully saturated rings. The average molecular weight is 283 g/mol. The summed E-state index contributed by atoms with van der Waals surface area (Å²) in [6, 6.07) is 6.81. The fourth-order valence-corrected chi connectivity index (χ4v) is 2.97. The molecule has 1 heterocycles. The lowest BCUT2D eigenvalue weighted by Gasteiger charge is -2.27. The molecule has 1 nitrogen and oxygen atoms in total.